The van der Waals surface area contributed by atoms with Gasteiger partial charge in [0.15, 0.2) is 0 Å². The van der Waals surface area contributed by atoms with Crippen molar-refractivity contribution in [2.45, 2.75) is 32.9 Å². The van der Waals surface area contributed by atoms with Gasteiger partial charge in [0, 0.05) is 6.20 Å². The molecule has 0 aliphatic carbocycles. The van der Waals surface area contributed by atoms with Gasteiger partial charge in [0.05, 0.1) is 12.1 Å². The summed E-state index contributed by atoms with van der Waals surface area (Å²) in [5.74, 6) is 0.146. The Labute approximate surface area is 95.0 Å². The SMILES string of the molecule is CC(C)Oc1ncccc1NC(=O)[C@H](C)N. The van der Waals surface area contributed by atoms with Gasteiger partial charge in [0.1, 0.15) is 5.69 Å². The van der Waals surface area contributed by atoms with Gasteiger partial charge >= 0.3 is 0 Å². The van der Waals surface area contributed by atoms with E-state index in [-0.39, 0.29) is 12.0 Å². The van der Waals surface area contributed by atoms with Crippen molar-refractivity contribution in [2.24, 2.45) is 5.73 Å². The number of ether oxygens (including phenoxy) is 1. The predicted octanol–water partition coefficient (Wildman–Crippen LogP) is 1.15. The second-order valence-electron chi connectivity index (χ2n) is 3.80. The molecule has 0 unspecified atom stereocenters. The Bertz CT molecular complexity index is 364. The van der Waals surface area contributed by atoms with Crippen LogP contribution in [-0.4, -0.2) is 23.0 Å². The molecule has 0 saturated heterocycles. The van der Waals surface area contributed by atoms with E-state index >= 15 is 0 Å². The van der Waals surface area contributed by atoms with Gasteiger partial charge in [-0.1, -0.05) is 0 Å². The van der Waals surface area contributed by atoms with Crippen LogP contribution in [0.3, 0.4) is 0 Å². The molecule has 0 fully saturated rings. The first-order valence-electron chi connectivity index (χ1n) is 5.19. The second-order valence-corrected chi connectivity index (χ2v) is 3.80. The average molecular weight is 223 g/mol. The molecule has 3 N–H and O–H groups in total. The molecule has 1 aromatic heterocycles. The Morgan fingerprint density at radius 2 is 2.19 bits per heavy atom. The molecule has 0 aliphatic rings. The summed E-state index contributed by atoms with van der Waals surface area (Å²) in [6.07, 6.45) is 1.61. The van der Waals surface area contributed by atoms with Crippen LogP contribution in [0.2, 0.25) is 0 Å². The molecule has 5 heteroatoms. The zero-order chi connectivity index (χ0) is 12.1. The van der Waals surface area contributed by atoms with Gasteiger partial charge in [0.25, 0.3) is 0 Å². The van der Waals surface area contributed by atoms with Crippen LogP contribution in [0.5, 0.6) is 5.88 Å². The summed E-state index contributed by atoms with van der Waals surface area (Å²) in [5, 5.41) is 2.66. The highest BCUT2D eigenvalue weighted by Gasteiger charge is 2.12. The smallest absolute Gasteiger partial charge is 0.241 e. The van der Waals surface area contributed by atoms with Crippen molar-refractivity contribution in [1.82, 2.24) is 4.98 Å². The number of carbonyl (C=O) groups is 1. The fraction of sp³-hybridized carbons (Fsp3) is 0.455. The predicted molar refractivity (Wildman–Crippen MR) is 62.3 cm³/mol. The first kappa shape index (κ1) is 12.4. The van der Waals surface area contributed by atoms with Crippen molar-refractivity contribution in [2.75, 3.05) is 5.32 Å². The Morgan fingerprint density at radius 1 is 1.50 bits per heavy atom. The molecule has 0 radical (unpaired) electrons. The van der Waals surface area contributed by atoms with Crippen LogP contribution in [0, 0.1) is 0 Å². The number of anilines is 1. The minimum absolute atomic E-state index is 0.000789. The molecule has 1 amide bonds. The number of hydrogen-bond acceptors (Lipinski definition) is 4. The van der Waals surface area contributed by atoms with Gasteiger partial charge in [0.2, 0.25) is 11.8 Å². The largest absolute Gasteiger partial charge is 0.473 e. The number of rotatable bonds is 4. The van der Waals surface area contributed by atoms with E-state index in [9.17, 15) is 4.79 Å². The van der Waals surface area contributed by atoms with E-state index in [4.69, 9.17) is 10.5 Å². The number of nitrogens with one attached hydrogen (secondary N) is 1. The monoisotopic (exact) mass is 223 g/mol. The molecule has 0 aromatic carbocycles. The van der Waals surface area contributed by atoms with E-state index in [0.717, 1.165) is 0 Å². The summed E-state index contributed by atoms with van der Waals surface area (Å²) in [7, 11) is 0. The minimum atomic E-state index is -0.563. The zero-order valence-electron chi connectivity index (χ0n) is 9.73. The van der Waals surface area contributed by atoms with E-state index in [2.05, 4.69) is 10.3 Å². The standard InChI is InChI=1S/C11H17N3O2/c1-7(2)16-11-9(5-4-6-13-11)14-10(15)8(3)12/h4-8H,12H2,1-3H3,(H,14,15)/t8-/m0/s1. The van der Waals surface area contributed by atoms with Gasteiger partial charge in [-0.3, -0.25) is 4.79 Å². The number of nitrogens with two attached hydrogens (primary N) is 1. The molecule has 0 bridgehead atoms. The number of aromatic nitrogens is 1. The van der Waals surface area contributed by atoms with E-state index < -0.39 is 6.04 Å². The van der Waals surface area contributed by atoms with Gasteiger partial charge in [-0.15, -0.1) is 0 Å². The molecular formula is C11H17N3O2. The number of hydrogen-bond donors (Lipinski definition) is 2. The van der Waals surface area contributed by atoms with Crippen LogP contribution >= 0.6 is 0 Å². The molecule has 0 aliphatic heterocycles. The maximum Gasteiger partial charge on any atom is 0.241 e. The van der Waals surface area contributed by atoms with Crippen LogP contribution in [0.25, 0.3) is 0 Å². The summed E-state index contributed by atoms with van der Waals surface area (Å²) in [5.41, 5.74) is 6.00. The van der Waals surface area contributed by atoms with Crippen LogP contribution in [0.15, 0.2) is 18.3 Å². The summed E-state index contributed by atoms with van der Waals surface area (Å²) in [4.78, 5) is 15.5. The van der Waals surface area contributed by atoms with E-state index in [1.54, 1.807) is 25.3 Å². The summed E-state index contributed by atoms with van der Waals surface area (Å²) in [6.45, 7) is 5.41. The van der Waals surface area contributed by atoms with Gasteiger partial charge in [-0.25, -0.2) is 4.98 Å². The van der Waals surface area contributed by atoms with Crippen LogP contribution in [-0.2, 0) is 4.79 Å². The maximum atomic E-state index is 11.4. The van der Waals surface area contributed by atoms with Gasteiger partial charge in [-0.2, -0.15) is 0 Å². The van der Waals surface area contributed by atoms with Crippen LogP contribution in [0.4, 0.5) is 5.69 Å². The molecule has 16 heavy (non-hydrogen) atoms. The third kappa shape index (κ3) is 3.51. The molecule has 5 nitrogen and oxygen atoms in total. The van der Waals surface area contributed by atoms with Crippen molar-refractivity contribution < 1.29 is 9.53 Å². The van der Waals surface area contributed by atoms with Gasteiger partial charge < -0.3 is 15.8 Å². The highest BCUT2D eigenvalue weighted by Crippen LogP contribution is 2.21. The minimum Gasteiger partial charge on any atom is -0.473 e. The highest BCUT2D eigenvalue weighted by molar-refractivity contribution is 5.95. The summed E-state index contributed by atoms with van der Waals surface area (Å²) in [6, 6.07) is 2.89. The lowest BCUT2D eigenvalue weighted by atomic mass is 10.3. The van der Waals surface area contributed by atoms with Crippen molar-refractivity contribution in [3.05, 3.63) is 18.3 Å². The van der Waals surface area contributed by atoms with Gasteiger partial charge in [-0.05, 0) is 32.9 Å². The Hall–Kier alpha value is -1.62. The van der Waals surface area contributed by atoms with Crippen molar-refractivity contribution >= 4 is 11.6 Å². The third-order valence-corrected chi connectivity index (χ3v) is 1.79. The van der Waals surface area contributed by atoms with Crippen LogP contribution < -0.4 is 15.8 Å². The first-order valence-corrected chi connectivity index (χ1v) is 5.19. The molecule has 1 rings (SSSR count). The number of nitrogens with zero attached hydrogens (tertiary/aromatic N) is 1. The lowest BCUT2D eigenvalue weighted by molar-refractivity contribution is -0.117. The first-order chi connectivity index (χ1) is 7.50. The number of carbonyl (C=O) groups excluding carboxylic acids is 1. The van der Waals surface area contributed by atoms with E-state index in [0.29, 0.717) is 11.6 Å². The van der Waals surface area contributed by atoms with Crippen molar-refractivity contribution in [3.8, 4) is 5.88 Å². The average Bonchev–Trinajstić information content (AvgIpc) is 2.20. The van der Waals surface area contributed by atoms with Crippen molar-refractivity contribution in [3.63, 3.8) is 0 Å². The lowest BCUT2D eigenvalue weighted by Crippen LogP contribution is -2.32. The quantitative estimate of drug-likeness (QED) is 0.802. The normalized spacial score (nSPS) is 12.3. The Morgan fingerprint density at radius 3 is 2.75 bits per heavy atom. The molecule has 88 valence electrons. The van der Waals surface area contributed by atoms with Crippen molar-refractivity contribution in [1.29, 1.82) is 0 Å². The highest BCUT2D eigenvalue weighted by atomic mass is 16.5. The second kappa shape index (κ2) is 5.46. The molecule has 1 aromatic rings. The fourth-order valence-corrected chi connectivity index (χ4v) is 1.05. The molecule has 1 heterocycles. The van der Waals surface area contributed by atoms with E-state index in [1.165, 1.54) is 0 Å². The van der Waals surface area contributed by atoms with Crippen LogP contribution in [0.1, 0.15) is 20.8 Å². The Kier molecular flexibility index (Phi) is 4.25. The fourth-order valence-electron chi connectivity index (χ4n) is 1.05. The van der Waals surface area contributed by atoms with E-state index in [1.807, 2.05) is 13.8 Å². The third-order valence-electron chi connectivity index (χ3n) is 1.79. The molecule has 0 saturated carbocycles. The number of pyridine rings is 1. The zero-order valence-corrected chi connectivity index (χ0v) is 9.73. The summed E-state index contributed by atoms with van der Waals surface area (Å²) >= 11 is 0. The molecular weight excluding hydrogens is 206 g/mol. The molecule has 0 spiro atoms. The number of amides is 1. The molecule has 1 atom stereocenters. The Balaban J connectivity index is 2.82. The maximum absolute atomic E-state index is 11.4. The lowest BCUT2D eigenvalue weighted by Gasteiger charge is -2.14. The topological polar surface area (TPSA) is 77.2 Å². The summed E-state index contributed by atoms with van der Waals surface area (Å²) < 4.78 is 5.46.